The molecule has 0 bridgehead atoms. The quantitative estimate of drug-likeness (QED) is 0.732. The number of rotatable bonds is 7. The average molecular weight is 286 g/mol. The number of aromatic nitrogens is 2. The molecule has 0 radical (unpaired) electrons. The van der Waals surface area contributed by atoms with Crippen molar-refractivity contribution in [3.05, 3.63) is 53.3 Å². The molecule has 0 aliphatic carbocycles. The molecular weight excluding hydrogens is 264 g/mol. The van der Waals surface area contributed by atoms with E-state index in [0.29, 0.717) is 17.2 Å². The van der Waals surface area contributed by atoms with Crippen LogP contribution in [0, 0.1) is 5.92 Å². The molecule has 2 rings (SSSR count). The molecule has 0 saturated heterocycles. The number of carbonyl (C=O) groups is 1. The van der Waals surface area contributed by atoms with Gasteiger partial charge in [0, 0.05) is 19.9 Å². The van der Waals surface area contributed by atoms with Gasteiger partial charge in [-0.2, -0.15) is 5.10 Å². The number of benzene rings is 1. The van der Waals surface area contributed by atoms with Crippen LogP contribution in [0.15, 0.2) is 36.5 Å². The molecule has 4 heteroatoms. The third kappa shape index (κ3) is 3.79. The van der Waals surface area contributed by atoms with Crippen molar-refractivity contribution in [2.24, 2.45) is 5.92 Å². The molecule has 0 N–H and O–H groups in total. The van der Waals surface area contributed by atoms with Crippen molar-refractivity contribution in [2.45, 2.75) is 32.9 Å². The standard InChI is InChI=1S/C17H22N2O2/c1-13(2)9-10-19-11-15(12-20)16(18-19)17(21-3)14-7-5-4-6-8-14/h4-8,11-13,17H,9-10H2,1-3H3. The second-order valence-electron chi connectivity index (χ2n) is 5.56. The number of hydrogen-bond donors (Lipinski definition) is 0. The number of aldehydes is 1. The maximum absolute atomic E-state index is 11.3. The number of hydrogen-bond acceptors (Lipinski definition) is 3. The molecule has 0 fully saturated rings. The summed E-state index contributed by atoms with van der Waals surface area (Å²) in [5.74, 6) is 0.602. The molecule has 112 valence electrons. The fourth-order valence-electron chi connectivity index (χ4n) is 2.28. The van der Waals surface area contributed by atoms with Gasteiger partial charge < -0.3 is 4.74 Å². The highest BCUT2D eigenvalue weighted by atomic mass is 16.5. The molecule has 21 heavy (non-hydrogen) atoms. The molecule has 0 amide bonds. The van der Waals surface area contributed by atoms with E-state index in [1.807, 2.05) is 35.0 Å². The first-order chi connectivity index (χ1) is 10.2. The highest BCUT2D eigenvalue weighted by Gasteiger charge is 2.21. The normalized spacial score (nSPS) is 12.6. The van der Waals surface area contributed by atoms with Crippen LogP contribution in [0.4, 0.5) is 0 Å². The lowest BCUT2D eigenvalue weighted by Gasteiger charge is -2.14. The van der Waals surface area contributed by atoms with E-state index >= 15 is 0 Å². The molecule has 4 nitrogen and oxygen atoms in total. The van der Waals surface area contributed by atoms with E-state index in [1.165, 1.54) is 0 Å². The highest BCUT2D eigenvalue weighted by Crippen LogP contribution is 2.26. The molecule has 1 atom stereocenters. The Hall–Kier alpha value is -1.94. The van der Waals surface area contributed by atoms with Gasteiger partial charge in [0.05, 0.1) is 5.56 Å². The van der Waals surface area contributed by atoms with Crippen molar-refractivity contribution < 1.29 is 9.53 Å². The zero-order valence-electron chi connectivity index (χ0n) is 12.8. The zero-order chi connectivity index (χ0) is 15.2. The van der Waals surface area contributed by atoms with Gasteiger partial charge in [0.2, 0.25) is 0 Å². The summed E-state index contributed by atoms with van der Waals surface area (Å²) in [5, 5.41) is 4.56. The fourth-order valence-corrected chi connectivity index (χ4v) is 2.28. The molecule has 1 heterocycles. The van der Waals surface area contributed by atoms with Crippen LogP contribution in [-0.2, 0) is 11.3 Å². The Balaban J connectivity index is 2.30. The lowest BCUT2D eigenvalue weighted by molar-refractivity contribution is 0.110. The summed E-state index contributed by atoms with van der Waals surface area (Å²) >= 11 is 0. The predicted molar refractivity (Wildman–Crippen MR) is 82.4 cm³/mol. The minimum atomic E-state index is -0.313. The summed E-state index contributed by atoms with van der Waals surface area (Å²) in [6.45, 7) is 5.16. The highest BCUT2D eigenvalue weighted by molar-refractivity contribution is 5.76. The molecule has 0 saturated carbocycles. The van der Waals surface area contributed by atoms with Gasteiger partial charge in [-0.1, -0.05) is 44.2 Å². The Morgan fingerprint density at radius 2 is 2.00 bits per heavy atom. The van der Waals surface area contributed by atoms with Crippen LogP contribution in [0.25, 0.3) is 0 Å². The maximum Gasteiger partial charge on any atom is 0.153 e. The maximum atomic E-state index is 11.3. The van der Waals surface area contributed by atoms with Crippen LogP contribution < -0.4 is 0 Å². The Morgan fingerprint density at radius 1 is 1.29 bits per heavy atom. The van der Waals surface area contributed by atoms with Gasteiger partial charge in [0.15, 0.2) is 6.29 Å². The van der Waals surface area contributed by atoms with Crippen LogP contribution >= 0.6 is 0 Å². The van der Waals surface area contributed by atoms with E-state index in [2.05, 4.69) is 18.9 Å². The summed E-state index contributed by atoms with van der Waals surface area (Å²) in [7, 11) is 1.64. The second-order valence-corrected chi connectivity index (χ2v) is 5.56. The van der Waals surface area contributed by atoms with Gasteiger partial charge in [0.1, 0.15) is 11.8 Å². The first-order valence-electron chi connectivity index (χ1n) is 7.26. The number of aryl methyl sites for hydroxylation is 1. The zero-order valence-corrected chi connectivity index (χ0v) is 12.8. The smallest absolute Gasteiger partial charge is 0.153 e. The van der Waals surface area contributed by atoms with Gasteiger partial charge >= 0.3 is 0 Å². The van der Waals surface area contributed by atoms with Gasteiger partial charge in [0.25, 0.3) is 0 Å². The molecule has 1 aromatic heterocycles. The minimum absolute atomic E-state index is 0.313. The first-order valence-corrected chi connectivity index (χ1v) is 7.26. The topological polar surface area (TPSA) is 44.1 Å². The summed E-state index contributed by atoms with van der Waals surface area (Å²) in [5.41, 5.74) is 2.27. The van der Waals surface area contributed by atoms with E-state index in [4.69, 9.17) is 4.74 Å². The van der Waals surface area contributed by atoms with Crippen molar-refractivity contribution in [3.8, 4) is 0 Å². The monoisotopic (exact) mass is 286 g/mol. The molecule has 0 spiro atoms. The van der Waals surface area contributed by atoms with E-state index in [0.717, 1.165) is 24.8 Å². The lowest BCUT2D eigenvalue weighted by atomic mass is 10.0. The molecule has 2 aromatic rings. The van der Waals surface area contributed by atoms with E-state index < -0.39 is 0 Å². The van der Waals surface area contributed by atoms with Crippen molar-refractivity contribution in [1.29, 1.82) is 0 Å². The Kier molecular flexibility index (Phi) is 5.28. The number of methoxy groups -OCH3 is 1. The Morgan fingerprint density at radius 3 is 2.57 bits per heavy atom. The molecular formula is C17H22N2O2. The third-order valence-electron chi connectivity index (χ3n) is 3.47. The molecule has 1 unspecified atom stereocenters. The lowest BCUT2D eigenvalue weighted by Crippen LogP contribution is -2.08. The average Bonchev–Trinajstić information content (AvgIpc) is 2.90. The van der Waals surface area contributed by atoms with E-state index in [-0.39, 0.29) is 6.10 Å². The van der Waals surface area contributed by atoms with E-state index in [9.17, 15) is 4.79 Å². The largest absolute Gasteiger partial charge is 0.370 e. The second kappa shape index (κ2) is 7.18. The van der Waals surface area contributed by atoms with Crippen LogP contribution in [0.1, 0.15) is 48.0 Å². The van der Waals surface area contributed by atoms with Crippen molar-refractivity contribution in [3.63, 3.8) is 0 Å². The van der Waals surface area contributed by atoms with Gasteiger partial charge in [-0.3, -0.25) is 9.48 Å². The van der Waals surface area contributed by atoms with Gasteiger partial charge in [-0.05, 0) is 17.9 Å². The third-order valence-corrected chi connectivity index (χ3v) is 3.47. The summed E-state index contributed by atoms with van der Waals surface area (Å²) in [6.07, 6.45) is 3.37. The SMILES string of the molecule is COC(c1ccccc1)c1nn(CCC(C)C)cc1C=O. The molecule has 0 aliphatic heterocycles. The predicted octanol–water partition coefficient (Wildman–Crippen LogP) is 3.48. The van der Waals surface area contributed by atoms with Crippen molar-refractivity contribution >= 4 is 6.29 Å². The summed E-state index contributed by atoms with van der Waals surface area (Å²) < 4.78 is 7.41. The van der Waals surface area contributed by atoms with Crippen LogP contribution in [0.2, 0.25) is 0 Å². The summed E-state index contributed by atoms with van der Waals surface area (Å²) in [4.78, 5) is 11.3. The minimum Gasteiger partial charge on any atom is -0.370 e. The summed E-state index contributed by atoms with van der Waals surface area (Å²) in [6, 6.07) is 9.83. The first kappa shape index (κ1) is 15.4. The molecule has 1 aromatic carbocycles. The Bertz CT molecular complexity index is 576. The van der Waals surface area contributed by atoms with Crippen molar-refractivity contribution in [1.82, 2.24) is 9.78 Å². The van der Waals surface area contributed by atoms with Gasteiger partial charge in [-0.15, -0.1) is 0 Å². The number of nitrogens with zero attached hydrogens (tertiary/aromatic N) is 2. The van der Waals surface area contributed by atoms with Crippen molar-refractivity contribution in [2.75, 3.05) is 7.11 Å². The van der Waals surface area contributed by atoms with E-state index in [1.54, 1.807) is 13.3 Å². The Labute approximate surface area is 125 Å². The molecule has 0 aliphatic rings. The van der Waals surface area contributed by atoms with Crippen LogP contribution in [-0.4, -0.2) is 23.2 Å². The number of carbonyl (C=O) groups excluding carboxylic acids is 1. The number of ether oxygens (including phenoxy) is 1. The van der Waals surface area contributed by atoms with Crippen LogP contribution in [0.5, 0.6) is 0 Å². The van der Waals surface area contributed by atoms with Crippen LogP contribution in [0.3, 0.4) is 0 Å². The van der Waals surface area contributed by atoms with Gasteiger partial charge in [-0.25, -0.2) is 0 Å². The fraction of sp³-hybridized carbons (Fsp3) is 0.412.